The van der Waals surface area contributed by atoms with Gasteiger partial charge in [0.15, 0.2) is 18.1 Å². The largest absolute Gasteiger partial charge is 0.493 e. The van der Waals surface area contributed by atoms with Gasteiger partial charge in [-0.1, -0.05) is 12.1 Å². The van der Waals surface area contributed by atoms with E-state index in [0.717, 1.165) is 11.1 Å². The van der Waals surface area contributed by atoms with Crippen molar-refractivity contribution in [1.82, 2.24) is 5.32 Å². The van der Waals surface area contributed by atoms with Crippen molar-refractivity contribution < 1.29 is 23.8 Å². The zero-order valence-electron chi connectivity index (χ0n) is 13.5. The normalized spacial score (nSPS) is 10.1. The smallest absolute Gasteiger partial charge is 0.310 e. The third kappa shape index (κ3) is 4.99. The van der Waals surface area contributed by atoms with Crippen LogP contribution >= 0.6 is 11.3 Å². The minimum atomic E-state index is -0.428. The zero-order valence-corrected chi connectivity index (χ0v) is 14.4. The van der Waals surface area contributed by atoms with Gasteiger partial charge in [0.05, 0.1) is 20.6 Å². The Morgan fingerprint density at radius 2 is 2.00 bits per heavy atom. The van der Waals surface area contributed by atoms with E-state index in [9.17, 15) is 9.59 Å². The van der Waals surface area contributed by atoms with Crippen LogP contribution in [0.1, 0.15) is 11.1 Å². The summed E-state index contributed by atoms with van der Waals surface area (Å²) in [5, 5.41) is 6.45. The number of methoxy groups -OCH3 is 2. The van der Waals surface area contributed by atoms with Crippen LogP contribution in [0.5, 0.6) is 11.5 Å². The van der Waals surface area contributed by atoms with Crippen molar-refractivity contribution in [3.63, 3.8) is 0 Å². The molecule has 1 aromatic heterocycles. The van der Waals surface area contributed by atoms with Crippen molar-refractivity contribution in [1.29, 1.82) is 0 Å². The Labute approximate surface area is 144 Å². The van der Waals surface area contributed by atoms with Gasteiger partial charge < -0.3 is 19.5 Å². The van der Waals surface area contributed by atoms with Gasteiger partial charge in [-0.25, -0.2) is 0 Å². The molecule has 6 nitrogen and oxygen atoms in total. The molecule has 0 fully saturated rings. The molecule has 0 saturated heterocycles. The van der Waals surface area contributed by atoms with E-state index in [1.54, 1.807) is 13.2 Å². The molecule has 0 saturated carbocycles. The van der Waals surface area contributed by atoms with Gasteiger partial charge in [0.25, 0.3) is 5.91 Å². The Morgan fingerprint density at radius 1 is 1.17 bits per heavy atom. The van der Waals surface area contributed by atoms with E-state index in [0.29, 0.717) is 11.5 Å². The molecule has 128 valence electrons. The second-order valence-corrected chi connectivity index (χ2v) is 5.68. The molecule has 7 heteroatoms. The third-order valence-corrected chi connectivity index (χ3v) is 3.99. The van der Waals surface area contributed by atoms with Crippen molar-refractivity contribution in [3.8, 4) is 11.5 Å². The monoisotopic (exact) mass is 349 g/mol. The average molecular weight is 349 g/mol. The van der Waals surface area contributed by atoms with Crippen molar-refractivity contribution in [2.45, 2.75) is 13.0 Å². The fraction of sp³-hybridized carbons (Fsp3) is 0.294. The first-order valence-electron chi connectivity index (χ1n) is 7.27. The van der Waals surface area contributed by atoms with E-state index in [2.05, 4.69) is 5.32 Å². The first-order valence-corrected chi connectivity index (χ1v) is 8.21. The van der Waals surface area contributed by atoms with Crippen LogP contribution in [0.4, 0.5) is 0 Å². The topological polar surface area (TPSA) is 73.9 Å². The van der Waals surface area contributed by atoms with Crippen molar-refractivity contribution >= 4 is 23.2 Å². The van der Waals surface area contributed by atoms with Crippen LogP contribution in [0.15, 0.2) is 35.0 Å². The maximum absolute atomic E-state index is 11.8. The zero-order chi connectivity index (χ0) is 17.4. The van der Waals surface area contributed by atoms with Crippen LogP contribution in [-0.4, -0.2) is 32.7 Å². The summed E-state index contributed by atoms with van der Waals surface area (Å²) in [6.07, 6.45) is 0.167. The Hall–Kier alpha value is -2.54. The molecule has 0 aliphatic carbocycles. The lowest BCUT2D eigenvalue weighted by Gasteiger charge is -2.13. The molecule has 1 aromatic carbocycles. The molecule has 0 radical (unpaired) electrons. The molecule has 2 rings (SSSR count). The number of rotatable bonds is 8. The van der Waals surface area contributed by atoms with Gasteiger partial charge in [-0.15, -0.1) is 0 Å². The van der Waals surface area contributed by atoms with Crippen molar-refractivity contribution in [3.05, 3.63) is 46.2 Å². The molecule has 0 spiro atoms. The van der Waals surface area contributed by atoms with Crippen molar-refractivity contribution in [2.24, 2.45) is 0 Å². The lowest BCUT2D eigenvalue weighted by Crippen LogP contribution is -2.28. The van der Waals surface area contributed by atoms with Crippen LogP contribution < -0.4 is 14.8 Å². The number of thiophene rings is 1. The van der Waals surface area contributed by atoms with E-state index in [-0.39, 0.29) is 25.5 Å². The van der Waals surface area contributed by atoms with Crippen molar-refractivity contribution in [2.75, 3.05) is 20.8 Å². The SMILES string of the molecule is COc1cccc(CNC(=O)COC(=O)Cc2ccsc2)c1OC. The Kier molecular flexibility index (Phi) is 6.62. The van der Waals surface area contributed by atoms with Crippen LogP contribution in [0.3, 0.4) is 0 Å². The van der Waals surface area contributed by atoms with Crippen LogP contribution in [-0.2, 0) is 27.3 Å². The Balaban J connectivity index is 1.80. The van der Waals surface area contributed by atoms with Crippen LogP contribution in [0.25, 0.3) is 0 Å². The highest BCUT2D eigenvalue weighted by molar-refractivity contribution is 7.07. The fourth-order valence-corrected chi connectivity index (χ4v) is 2.76. The minimum Gasteiger partial charge on any atom is -0.493 e. The molecule has 2 aromatic rings. The number of carbonyl (C=O) groups is 2. The van der Waals surface area contributed by atoms with Gasteiger partial charge in [0.2, 0.25) is 0 Å². The molecule has 0 unspecified atom stereocenters. The van der Waals surface area contributed by atoms with Gasteiger partial charge in [-0.3, -0.25) is 9.59 Å². The fourth-order valence-electron chi connectivity index (χ4n) is 2.09. The summed E-state index contributed by atoms with van der Waals surface area (Å²) in [4.78, 5) is 23.5. The van der Waals surface area contributed by atoms with E-state index in [4.69, 9.17) is 14.2 Å². The summed E-state index contributed by atoms with van der Waals surface area (Å²) in [6.45, 7) is -0.0590. The molecule has 0 bridgehead atoms. The molecule has 1 N–H and O–H groups in total. The second-order valence-electron chi connectivity index (χ2n) is 4.90. The summed E-state index contributed by atoms with van der Waals surface area (Å²) in [6, 6.07) is 7.26. The minimum absolute atomic E-state index is 0.167. The highest BCUT2D eigenvalue weighted by atomic mass is 32.1. The summed E-state index contributed by atoms with van der Waals surface area (Å²) >= 11 is 1.51. The van der Waals surface area contributed by atoms with E-state index >= 15 is 0 Å². The number of para-hydroxylation sites is 1. The van der Waals surface area contributed by atoms with E-state index < -0.39 is 5.97 Å². The molecular weight excluding hydrogens is 330 g/mol. The van der Waals surface area contributed by atoms with Gasteiger partial charge in [0, 0.05) is 12.1 Å². The second kappa shape index (κ2) is 8.93. The van der Waals surface area contributed by atoms with Gasteiger partial charge in [0.1, 0.15) is 0 Å². The Morgan fingerprint density at radius 3 is 2.67 bits per heavy atom. The van der Waals surface area contributed by atoms with Crippen LogP contribution in [0, 0.1) is 0 Å². The number of ether oxygens (including phenoxy) is 3. The number of benzene rings is 1. The summed E-state index contributed by atoms with van der Waals surface area (Å²) in [5.74, 6) is 0.349. The summed E-state index contributed by atoms with van der Waals surface area (Å²) in [5.41, 5.74) is 1.65. The number of amides is 1. The molecular formula is C17H19NO5S. The molecule has 0 aliphatic heterocycles. The molecule has 1 amide bonds. The van der Waals surface area contributed by atoms with E-state index in [1.165, 1.54) is 18.4 Å². The quantitative estimate of drug-likeness (QED) is 0.740. The summed E-state index contributed by atoms with van der Waals surface area (Å²) < 4.78 is 15.5. The van der Waals surface area contributed by atoms with E-state index in [1.807, 2.05) is 29.0 Å². The highest BCUT2D eigenvalue weighted by Gasteiger charge is 2.12. The maximum Gasteiger partial charge on any atom is 0.310 e. The Bertz CT molecular complexity index is 684. The lowest BCUT2D eigenvalue weighted by atomic mass is 10.2. The van der Waals surface area contributed by atoms with Crippen LogP contribution in [0.2, 0.25) is 0 Å². The summed E-state index contributed by atoms with van der Waals surface area (Å²) in [7, 11) is 3.09. The van der Waals surface area contributed by atoms with Gasteiger partial charge in [-0.2, -0.15) is 11.3 Å². The predicted octanol–water partition coefficient (Wildman–Crippen LogP) is 2.17. The third-order valence-electron chi connectivity index (χ3n) is 3.25. The van der Waals surface area contributed by atoms with Gasteiger partial charge >= 0.3 is 5.97 Å². The predicted molar refractivity (Wildman–Crippen MR) is 90.4 cm³/mol. The molecule has 1 heterocycles. The molecule has 24 heavy (non-hydrogen) atoms. The highest BCUT2D eigenvalue weighted by Crippen LogP contribution is 2.30. The molecule has 0 aliphatic rings. The number of hydrogen-bond acceptors (Lipinski definition) is 6. The first kappa shape index (κ1) is 17.8. The number of hydrogen-bond donors (Lipinski definition) is 1. The maximum atomic E-state index is 11.8. The number of esters is 1. The standard InChI is InChI=1S/C17H19NO5S/c1-21-14-5-3-4-13(17(14)22-2)9-18-15(19)10-23-16(20)8-12-6-7-24-11-12/h3-7,11H,8-10H2,1-2H3,(H,18,19). The number of carbonyl (C=O) groups excluding carboxylic acids is 2. The van der Waals surface area contributed by atoms with Gasteiger partial charge in [-0.05, 0) is 28.5 Å². The molecule has 0 atom stereocenters. The average Bonchev–Trinajstić information content (AvgIpc) is 3.10. The first-order chi connectivity index (χ1) is 11.6. The number of nitrogens with one attached hydrogen (secondary N) is 1. The lowest BCUT2D eigenvalue weighted by molar-refractivity contribution is -0.147.